The molecule has 0 saturated carbocycles. The first-order valence-corrected chi connectivity index (χ1v) is 9.40. The summed E-state index contributed by atoms with van der Waals surface area (Å²) in [4.78, 5) is 34.8. The maximum Gasteiger partial charge on any atom is 0.212 e. The van der Waals surface area contributed by atoms with Crippen LogP contribution < -0.4 is 5.32 Å². The minimum atomic E-state index is -0.758. The molecule has 2 aromatic heterocycles. The van der Waals surface area contributed by atoms with Gasteiger partial charge in [0, 0.05) is 12.7 Å². The summed E-state index contributed by atoms with van der Waals surface area (Å²) in [5.74, 6) is 0.0221. The summed E-state index contributed by atoms with van der Waals surface area (Å²) in [6, 6.07) is 0. The van der Waals surface area contributed by atoms with E-state index in [1.807, 2.05) is 13.8 Å². The molecule has 0 spiro atoms. The first-order valence-electron chi connectivity index (χ1n) is 8.42. The second-order valence-corrected chi connectivity index (χ2v) is 7.94. The number of anilines is 1. The summed E-state index contributed by atoms with van der Waals surface area (Å²) in [7, 11) is 0. The molecule has 0 unspecified atom stereocenters. The molecule has 2 saturated heterocycles. The number of fused-ring (bicyclic) bond motifs is 2. The Hall–Kier alpha value is -2.08. The van der Waals surface area contributed by atoms with Gasteiger partial charge in [-0.25, -0.2) is 15.0 Å². The van der Waals surface area contributed by atoms with Crippen LogP contribution in [0.25, 0.3) is 11.2 Å². The molecule has 4 rings (SSSR count). The van der Waals surface area contributed by atoms with Crippen molar-refractivity contribution in [3.05, 3.63) is 12.7 Å². The number of thioether (sulfide) groups is 1. The fourth-order valence-corrected chi connectivity index (χ4v) is 4.08. The van der Waals surface area contributed by atoms with Gasteiger partial charge >= 0.3 is 0 Å². The second kappa shape index (κ2) is 6.82. The number of ether oxygens (including phenoxy) is 3. The number of carbonyl (C=O) groups excluding carboxylic acids is 2. The highest BCUT2D eigenvalue weighted by molar-refractivity contribution is 8.13. The molecule has 1 N–H and O–H groups in total. The number of imidazole rings is 1. The first kappa shape index (κ1) is 18.3. The van der Waals surface area contributed by atoms with Crippen LogP contribution in [-0.4, -0.2) is 60.9 Å². The SMILES string of the molecule is CC(=O)SC[C@H]1O[C@@H](n2cnc3c(NC=O)ncnc32)[C@@H]2OC(C)(C)O[C@@H]21. The van der Waals surface area contributed by atoms with Crippen LogP contribution in [0.15, 0.2) is 12.7 Å². The van der Waals surface area contributed by atoms with E-state index in [1.165, 1.54) is 25.0 Å². The van der Waals surface area contributed by atoms with E-state index in [-0.39, 0.29) is 23.4 Å². The van der Waals surface area contributed by atoms with E-state index in [1.54, 1.807) is 10.9 Å². The number of nitrogens with zero attached hydrogens (tertiary/aromatic N) is 4. The van der Waals surface area contributed by atoms with Crippen molar-refractivity contribution in [1.29, 1.82) is 0 Å². The summed E-state index contributed by atoms with van der Waals surface area (Å²) < 4.78 is 20.0. The molecule has 2 aliphatic heterocycles. The van der Waals surface area contributed by atoms with Crippen LogP contribution in [0, 0.1) is 0 Å². The fraction of sp³-hybridized carbons (Fsp3) is 0.562. The smallest absolute Gasteiger partial charge is 0.212 e. The quantitative estimate of drug-likeness (QED) is 0.745. The van der Waals surface area contributed by atoms with Crippen molar-refractivity contribution < 1.29 is 23.8 Å². The number of carbonyl (C=O) groups is 2. The van der Waals surface area contributed by atoms with Crippen LogP contribution in [0.3, 0.4) is 0 Å². The predicted octanol–water partition coefficient (Wildman–Crippen LogP) is 1.09. The van der Waals surface area contributed by atoms with Gasteiger partial charge in [0.05, 0.1) is 12.4 Å². The average molecular weight is 393 g/mol. The van der Waals surface area contributed by atoms with Gasteiger partial charge in [-0.1, -0.05) is 11.8 Å². The van der Waals surface area contributed by atoms with Gasteiger partial charge in [0.1, 0.15) is 18.5 Å². The van der Waals surface area contributed by atoms with E-state index in [0.717, 1.165) is 0 Å². The fourth-order valence-electron chi connectivity index (χ4n) is 3.42. The predicted molar refractivity (Wildman–Crippen MR) is 95.9 cm³/mol. The zero-order chi connectivity index (χ0) is 19.2. The van der Waals surface area contributed by atoms with Crippen molar-refractivity contribution in [2.24, 2.45) is 0 Å². The van der Waals surface area contributed by atoms with E-state index in [9.17, 15) is 9.59 Å². The average Bonchev–Trinajstić information content (AvgIpc) is 3.25. The molecule has 10 nitrogen and oxygen atoms in total. The van der Waals surface area contributed by atoms with E-state index >= 15 is 0 Å². The number of rotatable bonds is 5. The Morgan fingerprint density at radius 3 is 2.85 bits per heavy atom. The summed E-state index contributed by atoms with van der Waals surface area (Å²) in [6.07, 6.45) is 1.91. The molecule has 2 aromatic rings. The molecule has 2 aliphatic rings. The van der Waals surface area contributed by atoms with Gasteiger partial charge in [-0.05, 0) is 13.8 Å². The molecule has 1 amide bonds. The van der Waals surface area contributed by atoms with Gasteiger partial charge in [-0.3, -0.25) is 14.2 Å². The minimum Gasteiger partial charge on any atom is -0.348 e. The molecule has 0 radical (unpaired) electrons. The standard InChI is InChI=1S/C16H19N5O5S/c1-8(23)27-4-9-11-12(26-16(2,3)25-11)15(24-9)21-6-19-10-13(20-7-22)17-5-18-14(10)21/h5-7,9,11-12,15H,4H2,1-3H3,(H,17,18,20,22)/t9-,11-,12-,15-/m1/s1. The Labute approximate surface area is 159 Å². The largest absolute Gasteiger partial charge is 0.348 e. The van der Waals surface area contributed by atoms with Gasteiger partial charge < -0.3 is 19.5 Å². The van der Waals surface area contributed by atoms with Gasteiger partial charge in [0.2, 0.25) is 6.41 Å². The lowest BCUT2D eigenvalue weighted by Gasteiger charge is -2.24. The number of amides is 1. The molecule has 27 heavy (non-hydrogen) atoms. The molecule has 0 aromatic carbocycles. The summed E-state index contributed by atoms with van der Waals surface area (Å²) in [6.45, 7) is 5.21. The van der Waals surface area contributed by atoms with E-state index < -0.39 is 12.0 Å². The van der Waals surface area contributed by atoms with Crippen molar-refractivity contribution in [1.82, 2.24) is 19.5 Å². The number of aromatic nitrogens is 4. The van der Waals surface area contributed by atoms with Crippen molar-refractivity contribution in [3.8, 4) is 0 Å². The van der Waals surface area contributed by atoms with Gasteiger partial charge in [-0.2, -0.15) is 0 Å². The second-order valence-electron chi connectivity index (χ2n) is 6.74. The van der Waals surface area contributed by atoms with Crippen LogP contribution in [0.4, 0.5) is 5.82 Å². The monoisotopic (exact) mass is 393 g/mol. The lowest BCUT2D eigenvalue weighted by molar-refractivity contribution is -0.193. The molecule has 11 heteroatoms. The van der Waals surface area contributed by atoms with Crippen molar-refractivity contribution in [2.75, 3.05) is 11.1 Å². The molecule has 0 bridgehead atoms. The Morgan fingerprint density at radius 1 is 1.33 bits per heavy atom. The lowest BCUT2D eigenvalue weighted by Crippen LogP contribution is -2.31. The maximum atomic E-state index is 11.4. The zero-order valence-electron chi connectivity index (χ0n) is 15.0. The third-order valence-corrected chi connectivity index (χ3v) is 5.31. The third-order valence-electron chi connectivity index (χ3n) is 4.40. The molecule has 4 heterocycles. The number of hydrogen-bond acceptors (Lipinski definition) is 9. The van der Waals surface area contributed by atoms with Crippen molar-refractivity contribution in [3.63, 3.8) is 0 Å². The van der Waals surface area contributed by atoms with Crippen LogP contribution >= 0.6 is 11.8 Å². The highest BCUT2D eigenvalue weighted by atomic mass is 32.2. The van der Waals surface area contributed by atoms with Gasteiger partial charge in [0.25, 0.3) is 0 Å². The number of hydrogen-bond donors (Lipinski definition) is 1. The lowest BCUT2D eigenvalue weighted by atomic mass is 10.1. The van der Waals surface area contributed by atoms with Gasteiger partial charge in [0.15, 0.2) is 34.1 Å². The Kier molecular flexibility index (Phi) is 4.62. The molecule has 0 aliphatic carbocycles. The van der Waals surface area contributed by atoms with Crippen LogP contribution in [0.5, 0.6) is 0 Å². The first-order chi connectivity index (χ1) is 12.9. The summed E-state index contributed by atoms with van der Waals surface area (Å²) in [5.41, 5.74) is 0.954. The van der Waals surface area contributed by atoms with E-state index in [2.05, 4.69) is 20.3 Å². The molecule has 2 fully saturated rings. The Bertz CT molecular complexity index is 887. The highest BCUT2D eigenvalue weighted by Crippen LogP contribution is 2.44. The van der Waals surface area contributed by atoms with Crippen LogP contribution in [0.2, 0.25) is 0 Å². The minimum absolute atomic E-state index is 0.0159. The van der Waals surface area contributed by atoms with Gasteiger partial charge in [-0.15, -0.1) is 0 Å². The van der Waals surface area contributed by atoms with Crippen LogP contribution in [0.1, 0.15) is 27.0 Å². The maximum absolute atomic E-state index is 11.4. The Morgan fingerprint density at radius 2 is 2.11 bits per heavy atom. The Balaban J connectivity index is 1.68. The van der Waals surface area contributed by atoms with Crippen molar-refractivity contribution in [2.45, 2.75) is 51.1 Å². The van der Waals surface area contributed by atoms with Crippen molar-refractivity contribution >= 4 is 40.3 Å². The topological polar surface area (TPSA) is 117 Å². The van der Waals surface area contributed by atoms with E-state index in [4.69, 9.17) is 14.2 Å². The van der Waals surface area contributed by atoms with E-state index in [0.29, 0.717) is 29.1 Å². The summed E-state index contributed by atoms with van der Waals surface area (Å²) >= 11 is 1.19. The molecule has 4 atom stereocenters. The molecule has 144 valence electrons. The number of nitrogens with one attached hydrogen (secondary N) is 1. The third kappa shape index (κ3) is 3.31. The normalized spacial score (nSPS) is 29.0. The molecular weight excluding hydrogens is 374 g/mol. The molecular formula is C16H19N5O5S. The van der Waals surface area contributed by atoms with Crippen LogP contribution in [-0.2, 0) is 23.8 Å². The highest BCUT2D eigenvalue weighted by Gasteiger charge is 2.56. The zero-order valence-corrected chi connectivity index (χ0v) is 15.8. The summed E-state index contributed by atoms with van der Waals surface area (Å²) in [5, 5.41) is 2.53.